The lowest BCUT2D eigenvalue weighted by molar-refractivity contribution is 0.449. The summed E-state index contributed by atoms with van der Waals surface area (Å²) in [5.41, 5.74) is 0.581. The largest absolute Gasteiger partial charge is 0.508 e. The molecule has 2 unspecified atom stereocenters. The molecule has 1 heterocycles. The first-order valence-electron chi connectivity index (χ1n) is 6.75. The highest BCUT2D eigenvalue weighted by Crippen LogP contribution is 2.22. The molecule has 2 atom stereocenters. The van der Waals surface area contributed by atoms with Crippen molar-refractivity contribution in [3.05, 3.63) is 51.5 Å². The van der Waals surface area contributed by atoms with Crippen molar-refractivity contribution in [2.24, 2.45) is 0 Å². The highest BCUT2D eigenvalue weighted by atomic mass is 32.1. The van der Waals surface area contributed by atoms with E-state index in [4.69, 9.17) is 0 Å². The molecular formula is C16H20FNOS. The Morgan fingerprint density at radius 3 is 2.60 bits per heavy atom. The predicted molar refractivity (Wildman–Crippen MR) is 81.8 cm³/mol. The summed E-state index contributed by atoms with van der Waals surface area (Å²) in [5.74, 6) is -0.412. The summed E-state index contributed by atoms with van der Waals surface area (Å²) in [4.78, 5) is 2.64. The zero-order chi connectivity index (χ0) is 14.7. The molecule has 0 spiro atoms. The van der Waals surface area contributed by atoms with Crippen LogP contribution in [0.1, 0.15) is 35.2 Å². The van der Waals surface area contributed by atoms with Crippen LogP contribution < -0.4 is 5.32 Å². The van der Waals surface area contributed by atoms with Gasteiger partial charge in [0.15, 0.2) is 0 Å². The zero-order valence-electron chi connectivity index (χ0n) is 12.0. The van der Waals surface area contributed by atoms with Crippen LogP contribution in [0.5, 0.6) is 5.75 Å². The number of nitrogens with one attached hydrogen (secondary N) is 1. The summed E-state index contributed by atoms with van der Waals surface area (Å²) >= 11 is 1.80. The van der Waals surface area contributed by atoms with Gasteiger partial charge in [0.25, 0.3) is 0 Å². The van der Waals surface area contributed by atoms with Crippen LogP contribution in [0.25, 0.3) is 0 Å². The minimum Gasteiger partial charge on any atom is -0.508 e. The second kappa shape index (κ2) is 6.37. The smallest absolute Gasteiger partial charge is 0.131 e. The lowest BCUT2D eigenvalue weighted by Crippen LogP contribution is -2.30. The molecule has 108 valence electrons. The first kappa shape index (κ1) is 15.0. The van der Waals surface area contributed by atoms with E-state index in [1.165, 1.54) is 15.8 Å². The van der Waals surface area contributed by atoms with Crippen LogP contribution in [0.15, 0.2) is 30.3 Å². The van der Waals surface area contributed by atoms with Gasteiger partial charge in [0.05, 0.1) is 0 Å². The van der Waals surface area contributed by atoms with E-state index in [-0.39, 0.29) is 23.7 Å². The number of benzene rings is 1. The molecule has 4 heteroatoms. The number of aromatic hydroxyl groups is 1. The van der Waals surface area contributed by atoms with Gasteiger partial charge in [0, 0.05) is 33.5 Å². The molecule has 0 fully saturated rings. The first-order chi connectivity index (χ1) is 9.45. The molecule has 0 radical (unpaired) electrons. The average Bonchev–Trinajstić information content (AvgIpc) is 2.74. The van der Waals surface area contributed by atoms with Gasteiger partial charge in [-0.1, -0.05) is 6.07 Å². The standard InChI is InChI=1S/C16H20FNOS/c1-10(8-14-6-4-11(2)20-14)18-12(3)15-7-5-13(19)9-16(15)17/h4-7,9-10,12,18-19H,8H2,1-3H3. The van der Waals surface area contributed by atoms with E-state index < -0.39 is 0 Å². The fourth-order valence-corrected chi connectivity index (χ4v) is 3.36. The predicted octanol–water partition coefficient (Wildman–Crippen LogP) is 4.18. The van der Waals surface area contributed by atoms with Crippen LogP contribution in [-0.2, 0) is 6.42 Å². The zero-order valence-corrected chi connectivity index (χ0v) is 12.8. The van der Waals surface area contributed by atoms with E-state index in [1.54, 1.807) is 17.4 Å². The molecule has 1 aromatic heterocycles. The Bertz CT molecular complexity index is 582. The van der Waals surface area contributed by atoms with Crippen molar-refractivity contribution in [2.75, 3.05) is 0 Å². The van der Waals surface area contributed by atoms with E-state index in [0.29, 0.717) is 5.56 Å². The minimum atomic E-state index is -0.371. The van der Waals surface area contributed by atoms with Gasteiger partial charge < -0.3 is 10.4 Å². The lowest BCUT2D eigenvalue weighted by Gasteiger charge is -2.20. The second-order valence-corrected chi connectivity index (χ2v) is 6.58. The summed E-state index contributed by atoms with van der Waals surface area (Å²) < 4.78 is 13.8. The van der Waals surface area contributed by atoms with Crippen LogP contribution in [0.4, 0.5) is 4.39 Å². The number of thiophene rings is 1. The van der Waals surface area contributed by atoms with Crippen molar-refractivity contribution in [1.82, 2.24) is 5.32 Å². The number of phenolic OH excluding ortho intramolecular Hbond substituents is 1. The van der Waals surface area contributed by atoms with Gasteiger partial charge in [-0.3, -0.25) is 0 Å². The van der Waals surface area contributed by atoms with E-state index in [0.717, 1.165) is 12.5 Å². The normalized spacial score (nSPS) is 14.2. The third-order valence-electron chi connectivity index (χ3n) is 3.29. The number of hydrogen-bond donors (Lipinski definition) is 2. The van der Waals surface area contributed by atoms with Crippen molar-refractivity contribution in [3.8, 4) is 5.75 Å². The van der Waals surface area contributed by atoms with Crippen LogP contribution in [0.3, 0.4) is 0 Å². The molecule has 0 aliphatic rings. The van der Waals surface area contributed by atoms with Gasteiger partial charge in [-0.2, -0.15) is 0 Å². The number of rotatable bonds is 5. The third kappa shape index (κ3) is 3.81. The molecule has 0 bridgehead atoms. The van der Waals surface area contributed by atoms with Crippen molar-refractivity contribution in [1.29, 1.82) is 0 Å². The van der Waals surface area contributed by atoms with E-state index in [1.807, 2.05) is 6.92 Å². The summed E-state index contributed by atoms with van der Waals surface area (Å²) in [6.07, 6.45) is 0.933. The van der Waals surface area contributed by atoms with Crippen molar-refractivity contribution in [2.45, 2.75) is 39.3 Å². The molecule has 0 aliphatic heterocycles. The average molecular weight is 293 g/mol. The quantitative estimate of drug-likeness (QED) is 0.866. The molecule has 0 aliphatic carbocycles. The molecular weight excluding hydrogens is 273 g/mol. The number of halogens is 1. The van der Waals surface area contributed by atoms with Crippen LogP contribution in [0, 0.1) is 12.7 Å². The molecule has 0 amide bonds. The molecule has 0 saturated carbocycles. The van der Waals surface area contributed by atoms with Gasteiger partial charge in [0.1, 0.15) is 11.6 Å². The molecule has 1 aromatic carbocycles. The number of hydrogen-bond acceptors (Lipinski definition) is 3. The minimum absolute atomic E-state index is 0.0411. The Kier molecular flexibility index (Phi) is 4.78. The van der Waals surface area contributed by atoms with Gasteiger partial charge in [0.2, 0.25) is 0 Å². The van der Waals surface area contributed by atoms with E-state index >= 15 is 0 Å². The monoisotopic (exact) mass is 293 g/mol. The molecule has 0 saturated heterocycles. The maximum absolute atomic E-state index is 13.8. The Morgan fingerprint density at radius 1 is 1.25 bits per heavy atom. The van der Waals surface area contributed by atoms with Crippen LogP contribution in [-0.4, -0.2) is 11.1 Å². The van der Waals surface area contributed by atoms with E-state index in [2.05, 4.69) is 31.3 Å². The number of phenols is 1. The molecule has 2 N–H and O–H groups in total. The molecule has 2 aromatic rings. The highest BCUT2D eigenvalue weighted by Gasteiger charge is 2.14. The molecule has 2 nitrogen and oxygen atoms in total. The fourth-order valence-electron chi connectivity index (χ4n) is 2.34. The Balaban J connectivity index is 1.98. The van der Waals surface area contributed by atoms with Crippen molar-refractivity contribution >= 4 is 11.3 Å². The maximum Gasteiger partial charge on any atom is 0.131 e. The number of aryl methyl sites for hydroxylation is 1. The summed E-state index contributed by atoms with van der Waals surface area (Å²) in [6, 6.07) is 8.73. The highest BCUT2D eigenvalue weighted by molar-refractivity contribution is 7.11. The van der Waals surface area contributed by atoms with Gasteiger partial charge >= 0.3 is 0 Å². The van der Waals surface area contributed by atoms with Gasteiger partial charge in [-0.15, -0.1) is 11.3 Å². The topological polar surface area (TPSA) is 32.3 Å². The van der Waals surface area contributed by atoms with Crippen molar-refractivity contribution < 1.29 is 9.50 Å². The summed E-state index contributed by atoms with van der Waals surface area (Å²) in [5, 5.41) is 12.6. The van der Waals surface area contributed by atoms with E-state index in [9.17, 15) is 9.50 Å². The first-order valence-corrected chi connectivity index (χ1v) is 7.57. The van der Waals surface area contributed by atoms with Crippen LogP contribution >= 0.6 is 11.3 Å². The van der Waals surface area contributed by atoms with Crippen LogP contribution in [0.2, 0.25) is 0 Å². The SMILES string of the molecule is Cc1ccc(CC(C)NC(C)c2ccc(O)cc2F)s1. The molecule has 2 rings (SSSR count). The third-order valence-corrected chi connectivity index (χ3v) is 4.31. The Hall–Kier alpha value is -1.39. The fraction of sp³-hybridized carbons (Fsp3) is 0.375. The Morgan fingerprint density at radius 2 is 2.00 bits per heavy atom. The summed E-state index contributed by atoms with van der Waals surface area (Å²) in [6.45, 7) is 6.14. The second-order valence-electron chi connectivity index (χ2n) is 5.21. The van der Waals surface area contributed by atoms with Crippen molar-refractivity contribution in [3.63, 3.8) is 0 Å². The Labute approximate surface area is 123 Å². The lowest BCUT2D eigenvalue weighted by atomic mass is 10.1. The maximum atomic E-state index is 13.8. The summed E-state index contributed by atoms with van der Waals surface area (Å²) in [7, 11) is 0. The van der Waals surface area contributed by atoms with Gasteiger partial charge in [-0.25, -0.2) is 4.39 Å². The molecule has 20 heavy (non-hydrogen) atoms. The van der Waals surface area contributed by atoms with Gasteiger partial charge in [-0.05, 0) is 45.4 Å².